The van der Waals surface area contributed by atoms with Gasteiger partial charge >= 0.3 is 5.97 Å². The van der Waals surface area contributed by atoms with E-state index in [0.29, 0.717) is 0 Å². The van der Waals surface area contributed by atoms with Crippen LogP contribution in [0.1, 0.15) is 20.3 Å². The summed E-state index contributed by atoms with van der Waals surface area (Å²) in [5.74, 6) is -0.397. The van der Waals surface area contributed by atoms with E-state index in [1.54, 1.807) is 0 Å². The molecule has 2 saturated heterocycles. The van der Waals surface area contributed by atoms with Crippen LogP contribution in [-0.2, 0) is 19.0 Å². The Hall–Kier alpha value is 0.120. The Morgan fingerprint density at radius 2 is 2.00 bits per heavy atom. The first-order chi connectivity index (χ1) is 6.98. The van der Waals surface area contributed by atoms with Crippen LogP contribution >= 0.6 is 22.6 Å². The molecule has 0 amide bonds. The maximum absolute atomic E-state index is 11.5. The van der Waals surface area contributed by atoms with Gasteiger partial charge in [-0.15, -0.1) is 0 Å². The van der Waals surface area contributed by atoms with Crippen molar-refractivity contribution in [1.82, 2.24) is 0 Å². The molecule has 0 radical (unpaired) electrons. The minimum Gasteiger partial charge on any atom is -0.459 e. The summed E-state index contributed by atoms with van der Waals surface area (Å²) in [5.41, 5.74) is 0. The standard InChI is InChI=1S/C10H13IO4/c1-10(2)14-7-4-3-5(8(7)15-10)13-9(12)6(4)11/h4-8H,3H2,1-2H3/t4-,5-,6+,7-,8+/m0/s1. The van der Waals surface area contributed by atoms with Crippen molar-refractivity contribution in [2.24, 2.45) is 5.92 Å². The van der Waals surface area contributed by atoms with Crippen molar-refractivity contribution in [2.75, 3.05) is 0 Å². The molecule has 3 aliphatic rings. The number of carbonyl (C=O) groups excluding carboxylic acids is 1. The second-order valence-electron chi connectivity index (χ2n) is 4.84. The molecule has 0 N–H and O–H groups in total. The predicted molar refractivity (Wildman–Crippen MR) is 59.6 cm³/mol. The Morgan fingerprint density at radius 1 is 1.33 bits per heavy atom. The number of ether oxygens (including phenoxy) is 3. The van der Waals surface area contributed by atoms with E-state index < -0.39 is 5.79 Å². The highest BCUT2D eigenvalue weighted by atomic mass is 127. The Kier molecular flexibility index (Phi) is 2.11. The lowest BCUT2D eigenvalue weighted by molar-refractivity contribution is -0.186. The van der Waals surface area contributed by atoms with Crippen LogP contribution in [0.4, 0.5) is 0 Å². The first-order valence-electron chi connectivity index (χ1n) is 5.18. The second-order valence-corrected chi connectivity index (χ2v) is 6.18. The van der Waals surface area contributed by atoms with Gasteiger partial charge in [-0.1, -0.05) is 22.6 Å². The van der Waals surface area contributed by atoms with Crippen molar-refractivity contribution in [2.45, 2.75) is 48.3 Å². The molecule has 2 bridgehead atoms. The van der Waals surface area contributed by atoms with E-state index >= 15 is 0 Å². The largest absolute Gasteiger partial charge is 0.459 e. The third kappa shape index (κ3) is 1.43. The van der Waals surface area contributed by atoms with Crippen LogP contribution < -0.4 is 0 Å². The summed E-state index contributed by atoms with van der Waals surface area (Å²) in [4.78, 5) is 11.5. The summed E-state index contributed by atoms with van der Waals surface area (Å²) in [7, 11) is 0. The maximum atomic E-state index is 11.5. The maximum Gasteiger partial charge on any atom is 0.319 e. The van der Waals surface area contributed by atoms with Gasteiger partial charge in [0, 0.05) is 5.92 Å². The minimum atomic E-state index is -0.535. The lowest BCUT2D eigenvalue weighted by Gasteiger charge is -2.29. The zero-order valence-electron chi connectivity index (χ0n) is 8.60. The Morgan fingerprint density at radius 3 is 2.73 bits per heavy atom. The fraction of sp³-hybridized carbons (Fsp3) is 0.900. The smallest absolute Gasteiger partial charge is 0.319 e. The fourth-order valence-electron chi connectivity index (χ4n) is 2.76. The van der Waals surface area contributed by atoms with Crippen molar-refractivity contribution in [3.63, 3.8) is 0 Å². The van der Waals surface area contributed by atoms with Gasteiger partial charge in [0.15, 0.2) is 5.79 Å². The van der Waals surface area contributed by atoms with Gasteiger partial charge in [0.25, 0.3) is 0 Å². The van der Waals surface area contributed by atoms with E-state index in [9.17, 15) is 4.79 Å². The molecule has 3 fully saturated rings. The first kappa shape index (κ1) is 10.3. The number of esters is 1. The zero-order valence-corrected chi connectivity index (χ0v) is 10.8. The third-order valence-corrected chi connectivity index (χ3v) is 4.76. The topological polar surface area (TPSA) is 44.8 Å². The number of rotatable bonds is 0. The van der Waals surface area contributed by atoms with Gasteiger partial charge in [0.1, 0.15) is 16.1 Å². The number of hydrogen-bond acceptors (Lipinski definition) is 4. The van der Waals surface area contributed by atoms with Gasteiger partial charge in [-0.3, -0.25) is 4.79 Å². The Bertz CT molecular complexity index is 317. The van der Waals surface area contributed by atoms with E-state index in [1.165, 1.54) is 0 Å². The molecule has 2 heterocycles. The van der Waals surface area contributed by atoms with Gasteiger partial charge in [-0.05, 0) is 20.3 Å². The number of alkyl halides is 1. The van der Waals surface area contributed by atoms with E-state index in [2.05, 4.69) is 22.6 Å². The van der Waals surface area contributed by atoms with Gasteiger partial charge in [-0.25, -0.2) is 0 Å². The van der Waals surface area contributed by atoms with Crippen molar-refractivity contribution in [1.29, 1.82) is 0 Å². The summed E-state index contributed by atoms with van der Waals surface area (Å²) < 4.78 is 16.9. The molecule has 2 aliphatic heterocycles. The van der Waals surface area contributed by atoms with Gasteiger partial charge in [0.2, 0.25) is 0 Å². The molecule has 15 heavy (non-hydrogen) atoms. The SMILES string of the molecule is CC1(C)O[C@H]2[C@H]3C[C@H](OC(=O)[C@@H]3I)[C@H]2O1. The molecule has 1 aliphatic carbocycles. The van der Waals surface area contributed by atoms with Crippen LogP contribution in [0.2, 0.25) is 0 Å². The Labute approximate surface area is 102 Å². The van der Waals surface area contributed by atoms with Crippen molar-refractivity contribution < 1.29 is 19.0 Å². The molecule has 0 aromatic carbocycles. The van der Waals surface area contributed by atoms with Crippen LogP contribution in [-0.4, -0.2) is 34.0 Å². The Balaban J connectivity index is 1.90. The van der Waals surface area contributed by atoms with E-state index in [4.69, 9.17) is 14.2 Å². The molecule has 5 heteroatoms. The second kappa shape index (κ2) is 3.07. The predicted octanol–water partition coefficient (Wildman–Crippen LogP) is 1.26. The lowest BCUT2D eigenvalue weighted by atomic mass is 10.0. The summed E-state index contributed by atoms with van der Waals surface area (Å²) in [5, 5.41) is 0. The molecular weight excluding hydrogens is 311 g/mol. The zero-order chi connectivity index (χ0) is 10.8. The van der Waals surface area contributed by atoms with Crippen LogP contribution in [0, 0.1) is 5.92 Å². The minimum absolute atomic E-state index is 0.0262. The number of halogens is 1. The molecule has 84 valence electrons. The van der Waals surface area contributed by atoms with Gasteiger partial charge in [0.05, 0.1) is 6.10 Å². The van der Waals surface area contributed by atoms with Crippen molar-refractivity contribution in [3.05, 3.63) is 0 Å². The summed E-state index contributed by atoms with van der Waals surface area (Å²) in [6, 6.07) is 0. The van der Waals surface area contributed by atoms with Crippen LogP contribution in [0.3, 0.4) is 0 Å². The highest BCUT2D eigenvalue weighted by molar-refractivity contribution is 14.1. The number of fused-ring (bicyclic) bond motifs is 5. The molecule has 0 aromatic rings. The van der Waals surface area contributed by atoms with Crippen LogP contribution in [0.5, 0.6) is 0 Å². The number of hydrogen-bond donors (Lipinski definition) is 0. The normalized spacial score (nSPS) is 51.4. The number of carbonyl (C=O) groups is 1. The van der Waals surface area contributed by atoms with Gasteiger partial charge in [-0.2, -0.15) is 0 Å². The quantitative estimate of drug-likeness (QED) is 0.382. The fourth-order valence-corrected chi connectivity index (χ4v) is 3.61. The van der Waals surface area contributed by atoms with Crippen molar-refractivity contribution >= 4 is 28.6 Å². The summed E-state index contributed by atoms with van der Waals surface area (Å²) >= 11 is 2.15. The van der Waals surface area contributed by atoms with E-state index in [-0.39, 0.29) is 34.1 Å². The highest BCUT2D eigenvalue weighted by Gasteiger charge is 2.60. The molecule has 5 atom stereocenters. The van der Waals surface area contributed by atoms with Crippen LogP contribution in [0.25, 0.3) is 0 Å². The average molecular weight is 324 g/mol. The molecule has 3 rings (SSSR count). The van der Waals surface area contributed by atoms with Crippen molar-refractivity contribution in [3.8, 4) is 0 Å². The molecule has 0 spiro atoms. The molecule has 4 nitrogen and oxygen atoms in total. The highest BCUT2D eigenvalue weighted by Crippen LogP contribution is 2.48. The lowest BCUT2D eigenvalue weighted by Crippen LogP contribution is -2.38. The third-order valence-electron chi connectivity index (χ3n) is 3.33. The first-order valence-corrected chi connectivity index (χ1v) is 6.43. The van der Waals surface area contributed by atoms with Crippen LogP contribution in [0.15, 0.2) is 0 Å². The monoisotopic (exact) mass is 324 g/mol. The van der Waals surface area contributed by atoms with E-state index in [1.807, 2.05) is 13.8 Å². The molecule has 0 unspecified atom stereocenters. The average Bonchev–Trinajstić information content (AvgIpc) is 2.57. The molecule has 1 saturated carbocycles. The molecular formula is C10H13IO4. The molecule has 0 aromatic heterocycles. The van der Waals surface area contributed by atoms with Gasteiger partial charge < -0.3 is 14.2 Å². The summed E-state index contributed by atoms with van der Waals surface area (Å²) in [6.07, 6.45) is 0.748. The summed E-state index contributed by atoms with van der Waals surface area (Å²) in [6.45, 7) is 3.82. The van der Waals surface area contributed by atoms with E-state index in [0.717, 1.165) is 6.42 Å².